The van der Waals surface area contributed by atoms with E-state index in [1.165, 1.54) is 31.4 Å². The highest BCUT2D eigenvalue weighted by Crippen LogP contribution is 2.26. The SMILES string of the molecule is COc1ccc(NS(=O)(=O)c2ccc3oc(Nc4ccc(C)c(F)c4)nc3c2)cc1. The Morgan fingerprint density at radius 3 is 2.43 bits per heavy atom. The number of hydrogen-bond donors (Lipinski definition) is 2. The molecule has 1 aromatic heterocycles. The molecule has 0 bridgehead atoms. The number of fused-ring (bicyclic) bond motifs is 1. The summed E-state index contributed by atoms with van der Waals surface area (Å²) in [5.41, 5.74) is 2.15. The molecule has 1 heterocycles. The first kappa shape index (κ1) is 19.7. The summed E-state index contributed by atoms with van der Waals surface area (Å²) >= 11 is 0. The highest BCUT2D eigenvalue weighted by atomic mass is 32.2. The largest absolute Gasteiger partial charge is 0.497 e. The van der Waals surface area contributed by atoms with E-state index in [1.54, 1.807) is 43.3 Å². The molecule has 0 radical (unpaired) electrons. The Bertz CT molecular complexity index is 1320. The quantitative estimate of drug-likeness (QED) is 0.458. The van der Waals surface area contributed by atoms with Gasteiger partial charge in [-0.15, -0.1) is 0 Å². The minimum Gasteiger partial charge on any atom is -0.497 e. The smallest absolute Gasteiger partial charge is 0.300 e. The Morgan fingerprint density at radius 1 is 1.00 bits per heavy atom. The molecule has 7 nitrogen and oxygen atoms in total. The minimum atomic E-state index is -3.83. The third-order valence-electron chi connectivity index (χ3n) is 4.43. The molecule has 0 aliphatic rings. The highest BCUT2D eigenvalue weighted by Gasteiger charge is 2.17. The van der Waals surface area contributed by atoms with Crippen molar-refractivity contribution in [3.63, 3.8) is 0 Å². The molecule has 30 heavy (non-hydrogen) atoms. The van der Waals surface area contributed by atoms with Gasteiger partial charge in [0.15, 0.2) is 5.58 Å². The molecule has 4 aromatic rings. The predicted octanol–water partition coefficient (Wildman–Crippen LogP) is 4.83. The molecule has 2 N–H and O–H groups in total. The van der Waals surface area contributed by atoms with Crippen LogP contribution >= 0.6 is 0 Å². The standard InChI is InChI=1S/C21H18FN3O4S/c1-13-3-4-15(11-18(13)22)23-21-24-19-12-17(9-10-20(19)29-21)30(26,27)25-14-5-7-16(28-2)8-6-14/h3-12,25H,1-2H3,(H,23,24). The lowest BCUT2D eigenvalue weighted by Gasteiger charge is -2.08. The maximum atomic E-state index is 13.7. The Balaban J connectivity index is 1.58. The number of nitrogens with zero attached hydrogens (tertiary/aromatic N) is 1. The number of benzene rings is 3. The summed E-state index contributed by atoms with van der Waals surface area (Å²) in [7, 11) is -2.29. The number of aromatic nitrogens is 1. The van der Waals surface area contributed by atoms with Gasteiger partial charge in [0, 0.05) is 11.4 Å². The van der Waals surface area contributed by atoms with Crippen LogP contribution in [0.1, 0.15) is 5.56 Å². The fraction of sp³-hybridized carbons (Fsp3) is 0.0952. The Morgan fingerprint density at radius 2 is 1.73 bits per heavy atom. The van der Waals surface area contributed by atoms with Gasteiger partial charge in [0.2, 0.25) is 0 Å². The van der Waals surface area contributed by atoms with Crippen LogP contribution in [0.15, 0.2) is 70.0 Å². The van der Waals surface area contributed by atoms with Crippen LogP contribution in [-0.4, -0.2) is 20.5 Å². The maximum absolute atomic E-state index is 13.7. The van der Waals surface area contributed by atoms with E-state index in [9.17, 15) is 12.8 Å². The predicted molar refractivity (Wildman–Crippen MR) is 112 cm³/mol. The first-order valence-corrected chi connectivity index (χ1v) is 10.4. The monoisotopic (exact) mass is 427 g/mol. The zero-order chi connectivity index (χ0) is 21.3. The highest BCUT2D eigenvalue weighted by molar-refractivity contribution is 7.92. The van der Waals surface area contributed by atoms with E-state index in [0.29, 0.717) is 33.8 Å². The lowest BCUT2D eigenvalue weighted by molar-refractivity contribution is 0.415. The van der Waals surface area contributed by atoms with Crippen LogP contribution in [0.4, 0.5) is 21.8 Å². The number of oxazole rings is 1. The summed E-state index contributed by atoms with van der Waals surface area (Å²) in [5.74, 6) is 0.268. The second-order valence-electron chi connectivity index (χ2n) is 6.57. The molecule has 0 saturated carbocycles. The van der Waals surface area contributed by atoms with E-state index in [0.717, 1.165) is 0 Å². The van der Waals surface area contributed by atoms with Gasteiger partial charge < -0.3 is 14.5 Å². The molecular formula is C21H18FN3O4S. The summed E-state index contributed by atoms with van der Waals surface area (Å²) < 4.78 is 52.3. The van der Waals surface area contributed by atoms with Crippen molar-refractivity contribution >= 4 is 38.5 Å². The summed E-state index contributed by atoms with van der Waals surface area (Å²) in [6.45, 7) is 1.67. The molecule has 0 unspecified atom stereocenters. The molecule has 4 rings (SSSR count). The van der Waals surface area contributed by atoms with E-state index >= 15 is 0 Å². The van der Waals surface area contributed by atoms with E-state index < -0.39 is 10.0 Å². The summed E-state index contributed by atoms with van der Waals surface area (Å²) in [6, 6.07) is 15.7. The zero-order valence-electron chi connectivity index (χ0n) is 16.1. The summed E-state index contributed by atoms with van der Waals surface area (Å²) in [6.07, 6.45) is 0. The number of rotatable bonds is 6. The van der Waals surface area contributed by atoms with E-state index in [1.807, 2.05) is 0 Å². The van der Waals surface area contributed by atoms with Crippen molar-refractivity contribution in [2.75, 3.05) is 17.1 Å². The van der Waals surface area contributed by atoms with Gasteiger partial charge in [-0.2, -0.15) is 4.98 Å². The number of nitrogens with one attached hydrogen (secondary N) is 2. The van der Waals surface area contributed by atoms with Crippen molar-refractivity contribution in [2.45, 2.75) is 11.8 Å². The van der Waals surface area contributed by atoms with Gasteiger partial charge in [0.05, 0.1) is 12.0 Å². The lowest BCUT2D eigenvalue weighted by atomic mass is 10.2. The van der Waals surface area contributed by atoms with Crippen molar-refractivity contribution in [1.29, 1.82) is 0 Å². The van der Waals surface area contributed by atoms with Gasteiger partial charge in [0.25, 0.3) is 16.0 Å². The zero-order valence-corrected chi connectivity index (χ0v) is 17.0. The van der Waals surface area contributed by atoms with E-state index in [-0.39, 0.29) is 16.7 Å². The molecule has 0 atom stereocenters. The Hall–Kier alpha value is -3.59. The second-order valence-corrected chi connectivity index (χ2v) is 8.25. The third-order valence-corrected chi connectivity index (χ3v) is 5.81. The number of halogens is 1. The van der Waals surface area contributed by atoms with Crippen LogP contribution in [0.2, 0.25) is 0 Å². The average molecular weight is 427 g/mol. The van der Waals surface area contributed by atoms with Crippen molar-refractivity contribution in [3.05, 3.63) is 72.0 Å². The Kier molecular flexibility index (Phi) is 5.04. The van der Waals surface area contributed by atoms with Gasteiger partial charge in [-0.1, -0.05) is 6.07 Å². The lowest BCUT2D eigenvalue weighted by Crippen LogP contribution is -2.12. The topological polar surface area (TPSA) is 93.5 Å². The van der Waals surface area contributed by atoms with Gasteiger partial charge in [-0.25, -0.2) is 12.8 Å². The van der Waals surface area contributed by atoms with Gasteiger partial charge in [-0.3, -0.25) is 4.72 Å². The maximum Gasteiger partial charge on any atom is 0.300 e. The van der Waals surface area contributed by atoms with Crippen molar-refractivity contribution < 1.29 is 22.0 Å². The fourth-order valence-corrected chi connectivity index (χ4v) is 3.87. The first-order valence-electron chi connectivity index (χ1n) is 8.95. The fourth-order valence-electron chi connectivity index (χ4n) is 2.80. The van der Waals surface area contributed by atoms with E-state index in [2.05, 4.69) is 15.0 Å². The minimum absolute atomic E-state index is 0.0343. The molecular weight excluding hydrogens is 409 g/mol. The van der Waals surface area contributed by atoms with Crippen molar-refractivity contribution in [2.24, 2.45) is 0 Å². The van der Waals surface area contributed by atoms with Crippen molar-refractivity contribution in [3.8, 4) is 5.75 Å². The second kappa shape index (κ2) is 7.68. The van der Waals surface area contributed by atoms with Crippen LogP contribution in [0, 0.1) is 12.7 Å². The Labute approximate surface area is 172 Å². The normalized spacial score (nSPS) is 11.4. The number of ether oxygens (including phenoxy) is 1. The van der Waals surface area contributed by atoms with Crippen molar-refractivity contribution in [1.82, 2.24) is 4.98 Å². The van der Waals surface area contributed by atoms with Crippen LogP contribution in [-0.2, 0) is 10.0 Å². The molecule has 0 aliphatic heterocycles. The number of methoxy groups -OCH3 is 1. The van der Waals surface area contributed by atoms with Crippen LogP contribution in [0.5, 0.6) is 5.75 Å². The van der Waals surface area contributed by atoms with Crippen LogP contribution < -0.4 is 14.8 Å². The van der Waals surface area contributed by atoms with E-state index in [4.69, 9.17) is 9.15 Å². The third kappa shape index (κ3) is 4.06. The molecule has 0 spiro atoms. The molecule has 9 heteroatoms. The average Bonchev–Trinajstić information content (AvgIpc) is 3.12. The number of hydrogen-bond acceptors (Lipinski definition) is 6. The number of aryl methyl sites for hydroxylation is 1. The molecule has 0 saturated heterocycles. The molecule has 0 fully saturated rings. The van der Waals surface area contributed by atoms with Crippen LogP contribution in [0.25, 0.3) is 11.1 Å². The molecule has 0 aliphatic carbocycles. The molecule has 154 valence electrons. The van der Waals surface area contributed by atoms with Gasteiger partial charge >= 0.3 is 0 Å². The first-order chi connectivity index (χ1) is 14.3. The summed E-state index contributed by atoms with van der Waals surface area (Å²) in [5, 5.41) is 2.88. The van der Waals surface area contributed by atoms with Crippen LogP contribution in [0.3, 0.4) is 0 Å². The van der Waals surface area contributed by atoms with Gasteiger partial charge in [0.1, 0.15) is 17.1 Å². The molecule has 3 aromatic carbocycles. The van der Waals surface area contributed by atoms with Gasteiger partial charge in [-0.05, 0) is 67.1 Å². The number of anilines is 3. The summed E-state index contributed by atoms with van der Waals surface area (Å²) in [4.78, 5) is 4.29. The number of sulfonamides is 1. The molecule has 0 amide bonds.